The molecular weight excluding hydrogens is 258 g/mol. The van der Waals surface area contributed by atoms with Gasteiger partial charge in [0.05, 0.1) is 0 Å². The van der Waals surface area contributed by atoms with Crippen LogP contribution in [0, 0.1) is 5.92 Å². The molecule has 0 aromatic heterocycles. The highest BCUT2D eigenvalue weighted by molar-refractivity contribution is 5.42. The molecule has 116 valence electrons. The lowest BCUT2D eigenvalue weighted by atomic mass is 9.93. The van der Waals surface area contributed by atoms with Crippen LogP contribution in [-0.4, -0.2) is 12.6 Å². The third-order valence-corrected chi connectivity index (χ3v) is 5.18. The van der Waals surface area contributed by atoms with Gasteiger partial charge in [-0.05, 0) is 56.8 Å². The van der Waals surface area contributed by atoms with Crippen molar-refractivity contribution in [3.63, 3.8) is 0 Å². The van der Waals surface area contributed by atoms with E-state index in [-0.39, 0.29) is 5.60 Å². The Morgan fingerprint density at radius 2 is 2.05 bits per heavy atom. The van der Waals surface area contributed by atoms with Gasteiger partial charge in [0, 0.05) is 12.5 Å². The van der Waals surface area contributed by atoms with Gasteiger partial charge in [0.1, 0.15) is 11.4 Å². The van der Waals surface area contributed by atoms with Crippen LogP contribution in [0.25, 0.3) is 0 Å². The third-order valence-electron chi connectivity index (χ3n) is 5.18. The molecule has 2 aliphatic rings. The number of nitrogens with one attached hydrogen (secondary N) is 1. The standard InChI is InChI=1S/C19H29NO/c1-19(2)13-16-12-15(9-11-18(16)21-19)17(20-3)10-8-14-6-4-5-7-14/h9,11-12,14,17,20H,4-8,10,13H2,1-3H3. The van der Waals surface area contributed by atoms with Gasteiger partial charge in [0.25, 0.3) is 0 Å². The van der Waals surface area contributed by atoms with Crippen molar-refractivity contribution >= 4 is 0 Å². The van der Waals surface area contributed by atoms with Crippen LogP contribution < -0.4 is 10.1 Å². The number of hydrogen-bond donors (Lipinski definition) is 1. The van der Waals surface area contributed by atoms with E-state index >= 15 is 0 Å². The lowest BCUT2D eigenvalue weighted by molar-refractivity contribution is 0.138. The summed E-state index contributed by atoms with van der Waals surface area (Å²) in [5, 5.41) is 3.51. The van der Waals surface area contributed by atoms with E-state index in [0.29, 0.717) is 6.04 Å². The van der Waals surface area contributed by atoms with Crippen LogP contribution in [0.3, 0.4) is 0 Å². The van der Waals surface area contributed by atoms with E-state index < -0.39 is 0 Å². The molecule has 1 aromatic rings. The van der Waals surface area contributed by atoms with Crippen molar-refractivity contribution in [1.29, 1.82) is 0 Å². The molecular formula is C19H29NO. The van der Waals surface area contributed by atoms with Crippen LogP contribution >= 0.6 is 0 Å². The van der Waals surface area contributed by atoms with E-state index in [1.807, 2.05) is 0 Å². The summed E-state index contributed by atoms with van der Waals surface area (Å²) in [6.45, 7) is 4.34. The van der Waals surface area contributed by atoms with Gasteiger partial charge in [-0.1, -0.05) is 37.8 Å². The van der Waals surface area contributed by atoms with E-state index in [1.165, 1.54) is 49.7 Å². The van der Waals surface area contributed by atoms with Crippen molar-refractivity contribution < 1.29 is 4.74 Å². The van der Waals surface area contributed by atoms with Gasteiger partial charge in [-0.15, -0.1) is 0 Å². The number of ether oxygens (including phenoxy) is 1. The van der Waals surface area contributed by atoms with Gasteiger partial charge in [-0.25, -0.2) is 0 Å². The molecule has 3 rings (SSSR count). The predicted molar refractivity (Wildman–Crippen MR) is 87.8 cm³/mol. The van der Waals surface area contributed by atoms with Gasteiger partial charge in [0.2, 0.25) is 0 Å². The third kappa shape index (κ3) is 3.42. The second-order valence-electron chi connectivity index (χ2n) is 7.47. The summed E-state index contributed by atoms with van der Waals surface area (Å²) in [5.41, 5.74) is 2.76. The second-order valence-corrected chi connectivity index (χ2v) is 7.47. The van der Waals surface area contributed by atoms with Gasteiger partial charge < -0.3 is 10.1 Å². The van der Waals surface area contributed by atoms with Crippen LogP contribution in [0.1, 0.15) is 69.5 Å². The zero-order valence-electron chi connectivity index (χ0n) is 13.7. The summed E-state index contributed by atoms with van der Waals surface area (Å²) in [7, 11) is 2.09. The lowest BCUT2D eigenvalue weighted by Crippen LogP contribution is -2.24. The Balaban J connectivity index is 1.67. The summed E-state index contributed by atoms with van der Waals surface area (Å²) in [6.07, 6.45) is 9.43. The molecule has 1 aromatic carbocycles. The van der Waals surface area contributed by atoms with Crippen molar-refractivity contribution in [2.75, 3.05) is 7.05 Å². The molecule has 0 radical (unpaired) electrons. The second kappa shape index (κ2) is 6.00. The maximum Gasteiger partial charge on any atom is 0.123 e. The Labute approximate surface area is 129 Å². The van der Waals surface area contributed by atoms with Crippen LogP contribution in [0.15, 0.2) is 18.2 Å². The van der Waals surface area contributed by atoms with Gasteiger partial charge >= 0.3 is 0 Å². The Bertz CT molecular complexity index is 488. The van der Waals surface area contributed by atoms with E-state index in [2.05, 4.69) is 44.4 Å². The molecule has 1 aliphatic carbocycles. The summed E-state index contributed by atoms with van der Waals surface area (Å²) >= 11 is 0. The first-order valence-electron chi connectivity index (χ1n) is 8.56. The Hall–Kier alpha value is -1.02. The quantitative estimate of drug-likeness (QED) is 0.852. The molecule has 1 saturated carbocycles. The maximum absolute atomic E-state index is 5.98. The molecule has 0 amide bonds. The van der Waals surface area contributed by atoms with Crippen LogP contribution in [0.4, 0.5) is 0 Å². The van der Waals surface area contributed by atoms with Crippen molar-refractivity contribution in [2.24, 2.45) is 5.92 Å². The minimum absolute atomic E-state index is 0.0417. The van der Waals surface area contributed by atoms with Crippen LogP contribution in [0.5, 0.6) is 5.75 Å². The van der Waals surface area contributed by atoms with E-state index in [1.54, 1.807) is 0 Å². The summed E-state index contributed by atoms with van der Waals surface area (Å²) in [5.74, 6) is 2.05. The fourth-order valence-electron chi connectivity index (χ4n) is 4.03. The Morgan fingerprint density at radius 3 is 2.76 bits per heavy atom. The maximum atomic E-state index is 5.98. The lowest BCUT2D eigenvalue weighted by Gasteiger charge is -2.19. The van der Waals surface area contributed by atoms with Crippen LogP contribution in [0.2, 0.25) is 0 Å². The molecule has 1 heterocycles. The normalized spacial score (nSPS) is 22.0. The van der Waals surface area contributed by atoms with Gasteiger partial charge in [0.15, 0.2) is 0 Å². The van der Waals surface area contributed by atoms with Crippen molar-refractivity contribution in [2.45, 2.75) is 70.4 Å². The first-order chi connectivity index (χ1) is 10.1. The number of benzene rings is 1. The zero-order chi connectivity index (χ0) is 14.9. The molecule has 1 aliphatic heterocycles. The predicted octanol–water partition coefficient (Wildman–Crippen LogP) is 4.63. The van der Waals surface area contributed by atoms with E-state index in [0.717, 1.165) is 18.1 Å². The fourth-order valence-corrected chi connectivity index (χ4v) is 4.03. The van der Waals surface area contributed by atoms with Gasteiger partial charge in [-0.3, -0.25) is 0 Å². The molecule has 2 nitrogen and oxygen atoms in total. The molecule has 2 heteroatoms. The monoisotopic (exact) mass is 287 g/mol. The highest BCUT2D eigenvalue weighted by Gasteiger charge is 2.30. The van der Waals surface area contributed by atoms with Gasteiger partial charge in [-0.2, -0.15) is 0 Å². The minimum atomic E-state index is -0.0417. The molecule has 1 atom stereocenters. The largest absolute Gasteiger partial charge is 0.487 e. The molecule has 1 unspecified atom stereocenters. The highest BCUT2D eigenvalue weighted by atomic mass is 16.5. The summed E-state index contributed by atoms with van der Waals surface area (Å²) in [4.78, 5) is 0. The highest BCUT2D eigenvalue weighted by Crippen LogP contribution is 2.37. The van der Waals surface area contributed by atoms with Crippen molar-refractivity contribution in [3.8, 4) is 5.75 Å². The fraction of sp³-hybridized carbons (Fsp3) is 0.684. The topological polar surface area (TPSA) is 21.3 Å². The molecule has 21 heavy (non-hydrogen) atoms. The summed E-state index contributed by atoms with van der Waals surface area (Å²) in [6, 6.07) is 7.26. The first-order valence-corrected chi connectivity index (χ1v) is 8.56. The molecule has 1 fully saturated rings. The minimum Gasteiger partial charge on any atom is -0.487 e. The average molecular weight is 287 g/mol. The molecule has 0 saturated heterocycles. The first kappa shape index (κ1) is 14.9. The van der Waals surface area contributed by atoms with E-state index in [9.17, 15) is 0 Å². The number of fused-ring (bicyclic) bond motifs is 1. The smallest absolute Gasteiger partial charge is 0.123 e. The SMILES string of the molecule is CNC(CCC1CCCC1)c1ccc2c(c1)CC(C)(C)O2. The average Bonchev–Trinajstić information content (AvgIpc) is 3.04. The van der Waals surface area contributed by atoms with E-state index in [4.69, 9.17) is 4.74 Å². The van der Waals surface area contributed by atoms with Crippen molar-refractivity contribution in [1.82, 2.24) is 5.32 Å². The zero-order valence-corrected chi connectivity index (χ0v) is 13.7. The Kier molecular flexibility index (Phi) is 4.26. The molecule has 1 N–H and O–H groups in total. The Morgan fingerprint density at radius 1 is 1.29 bits per heavy atom. The number of rotatable bonds is 5. The summed E-state index contributed by atoms with van der Waals surface area (Å²) < 4.78 is 5.98. The van der Waals surface area contributed by atoms with Crippen molar-refractivity contribution in [3.05, 3.63) is 29.3 Å². The number of hydrogen-bond acceptors (Lipinski definition) is 2. The molecule has 0 spiro atoms. The molecule has 0 bridgehead atoms. The van der Waals surface area contributed by atoms with Crippen LogP contribution in [-0.2, 0) is 6.42 Å².